The summed E-state index contributed by atoms with van der Waals surface area (Å²) in [6, 6.07) is 4.93. The van der Waals surface area contributed by atoms with Gasteiger partial charge in [0.25, 0.3) is 0 Å². The smallest absolute Gasteiger partial charge is 0.234 e. The summed E-state index contributed by atoms with van der Waals surface area (Å²) in [6.45, 7) is 9.13. The van der Waals surface area contributed by atoms with Crippen LogP contribution in [0, 0.1) is 19.7 Å². The average molecular weight is 377 g/mol. The molecule has 1 aliphatic heterocycles. The fraction of sp³-hybridized carbons (Fsp3) is 0.474. The SMILES string of the molecule is Cc1nc(CN2CCN(CC(=O)NCc3ccc(F)c(C)c3)CC2)cs1. The van der Waals surface area contributed by atoms with Crippen molar-refractivity contribution in [1.29, 1.82) is 0 Å². The molecule has 0 aliphatic carbocycles. The highest BCUT2D eigenvalue weighted by Crippen LogP contribution is 2.12. The molecule has 26 heavy (non-hydrogen) atoms. The Kier molecular flexibility index (Phi) is 6.34. The molecule has 1 aromatic heterocycles. The zero-order valence-electron chi connectivity index (χ0n) is 15.3. The van der Waals surface area contributed by atoms with Crippen molar-refractivity contribution in [2.24, 2.45) is 0 Å². The van der Waals surface area contributed by atoms with E-state index in [2.05, 4.69) is 25.5 Å². The van der Waals surface area contributed by atoms with E-state index >= 15 is 0 Å². The van der Waals surface area contributed by atoms with Crippen LogP contribution in [-0.4, -0.2) is 53.4 Å². The first-order valence-corrected chi connectivity index (χ1v) is 9.75. The van der Waals surface area contributed by atoms with Gasteiger partial charge in [-0.15, -0.1) is 11.3 Å². The van der Waals surface area contributed by atoms with Crippen molar-refractivity contribution >= 4 is 17.2 Å². The second-order valence-electron chi connectivity index (χ2n) is 6.77. The number of thiazole rings is 1. The number of halogens is 1. The fourth-order valence-electron chi connectivity index (χ4n) is 3.09. The van der Waals surface area contributed by atoms with E-state index in [1.54, 1.807) is 30.4 Å². The normalized spacial score (nSPS) is 16.0. The van der Waals surface area contributed by atoms with Gasteiger partial charge in [0.15, 0.2) is 0 Å². The summed E-state index contributed by atoms with van der Waals surface area (Å²) in [5, 5.41) is 6.14. The molecule has 0 radical (unpaired) electrons. The lowest BCUT2D eigenvalue weighted by atomic mass is 10.1. The first-order chi connectivity index (χ1) is 12.5. The minimum Gasteiger partial charge on any atom is -0.351 e. The number of aromatic nitrogens is 1. The molecule has 1 aromatic carbocycles. The maximum Gasteiger partial charge on any atom is 0.234 e. The molecule has 5 nitrogen and oxygen atoms in total. The van der Waals surface area contributed by atoms with Crippen LogP contribution in [0.4, 0.5) is 4.39 Å². The van der Waals surface area contributed by atoms with Gasteiger partial charge in [0.05, 0.1) is 17.2 Å². The van der Waals surface area contributed by atoms with Crippen molar-refractivity contribution in [3.8, 4) is 0 Å². The van der Waals surface area contributed by atoms with Crippen molar-refractivity contribution in [1.82, 2.24) is 20.1 Å². The van der Waals surface area contributed by atoms with Gasteiger partial charge in [0, 0.05) is 44.6 Å². The predicted molar refractivity (Wildman–Crippen MR) is 102 cm³/mol. The summed E-state index contributed by atoms with van der Waals surface area (Å²) in [4.78, 5) is 21.2. The number of aryl methyl sites for hydroxylation is 2. The molecule has 1 N–H and O–H groups in total. The molecule has 1 fully saturated rings. The lowest BCUT2D eigenvalue weighted by Gasteiger charge is -2.33. The molecule has 0 spiro atoms. The molecular weight excluding hydrogens is 351 g/mol. The molecule has 1 amide bonds. The summed E-state index contributed by atoms with van der Waals surface area (Å²) in [6.07, 6.45) is 0. The fourth-order valence-corrected chi connectivity index (χ4v) is 3.70. The monoisotopic (exact) mass is 376 g/mol. The Morgan fingerprint density at radius 1 is 1.23 bits per heavy atom. The number of carbonyl (C=O) groups is 1. The van der Waals surface area contributed by atoms with Crippen LogP contribution in [0.1, 0.15) is 21.8 Å². The number of rotatable bonds is 6. The van der Waals surface area contributed by atoms with E-state index in [1.165, 1.54) is 6.07 Å². The molecule has 7 heteroatoms. The summed E-state index contributed by atoms with van der Waals surface area (Å²) in [5.74, 6) is -0.207. The Labute approximate surface area is 157 Å². The van der Waals surface area contributed by atoms with Crippen LogP contribution in [0.25, 0.3) is 0 Å². The zero-order chi connectivity index (χ0) is 18.5. The highest BCUT2D eigenvalue weighted by molar-refractivity contribution is 7.09. The number of hydrogen-bond acceptors (Lipinski definition) is 5. The van der Waals surface area contributed by atoms with Gasteiger partial charge in [-0.05, 0) is 31.0 Å². The molecule has 3 rings (SSSR count). The van der Waals surface area contributed by atoms with Crippen LogP contribution in [-0.2, 0) is 17.9 Å². The minimum absolute atomic E-state index is 0.00977. The van der Waals surface area contributed by atoms with Crippen LogP contribution < -0.4 is 5.32 Å². The standard InChI is InChI=1S/C19H25FN4OS/c1-14-9-16(3-4-18(14)20)10-21-19(25)12-24-7-5-23(6-8-24)11-17-13-26-15(2)22-17/h3-4,9,13H,5-8,10-12H2,1-2H3,(H,21,25). The van der Waals surface area contributed by atoms with Crippen LogP contribution in [0.3, 0.4) is 0 Å². The van der Waals surface area contributed by atoms with Crippen molar-refractivity contribution in [2.75, 3.05) is 32.7 Å². The summed E-state index contributed by atoms with van der Waals surface area (Å²) >= 11 is 1.69. The van der Waals surface area contributed by atoms with E-state index in [9.17, 15) is 9.18 Å². The predicted octanol–water partition coefficient (Wildman–Crippen LogP) is 2.33. The number of piperazine rings is 1. The molecule has 2 aromatic rings. The lowest BCUT2D eigenvalue weighted by Crippen LogP contribution is -2.49. The third kappa shape index (κ3) is 5.33. The minimum atomic E-state index is -0.217. The van der Waals surface area contributed by atoms with Gasteiger partial charge in [-0.1, -0.05) is 12.1 Å². The Hall–Kier alpha value is -1.83. The van der Waals surface area contributed by atoms with Crippen molar-refractivity contribution < 1.29 is 9.18 Å². The zero-order valence-corrected chi connectivity index (χ0v) is 16.1. The van der Waals surface area contributed by atoms with Crippen LogP contribution in [0.15, 0.2) is 23.6 Å². The number of nitrogens with one attached hydrogen (secondary N) is 1. The highest BCUT2D eigenvalue weighted by Gasteiger charge is 2.19. The molecule has 1 aliphatic rings. The highest BCUT2D eigenvalue weighted by atomic mass is 32.1. The summed E-state index contributed by atoms with van der Waals surface area (Å²) < 4.78 is 13.3. The Bertz CT molecular complexity index is 756. The van der Waals surface area contributed by atoms with Gasteiger partial charge in [0.1, 0.15) is 5.82 Å². The van der Waals surface area contributed by atoms with E-state index in [4.69, 9.17) is 0 Å². The first kappa shape index (κ1) is 18.9. The van der Waals surface area contributed by atoms with Gasteiger partial charge in [0.2, 0.25) is 5.91 Å². The largest absolute Gasteiger partial charge is 0.351 e. The summed E-state index contributed by atoms with van der Waals surface area (Å²) in [5.41, 5.74) is 2.65. The molecule has 0 atom stereocenters. The Morgan fingerprint density at radius 3 is 2.62 bits per heavy atom. The Balaban J connectivity index is 1.38. The van der Waals surface area contributed by atoms with Gasteiger partial charge in [-0.3, -0.25) is 14.6 Å². The van der Waals surface area contributed by atoms with Crippen molar-refractivity contribution in [3.63, 3.8) is 0 Å². The lowest BCUT2D eigenvalue weighted by molar-refractivity contribution is -0.122. The van der Waals surface area contributed by atoms with Gasteiger partial charge in [-0.2, -0.15) is 0 Å². The molecular formula is C19H25FN4OS. The van der Waals surface area contributed by atoms with Crippen molar-refractivity contribution in [2.45, 2.75) is 26.9 Å². The van der Waals surface area contributed by atoms with E-state index in [0.717, 1.165) is 49.0 Å². The van der Waals surface area contributed by atoms with E-state index in [1.807, 2.05) is 6.92 Å². The topological polar surface area (TPSA) is 48.5 Å². The Morgan fingerprint density at radius 2 is 1.96 bits per heavy atom. The summed E-state index contributed by atoms with van der Waals surface area (Å²) in [7, 11) is 0. The van der Waals surface area contributed by atoms with E-state index in [-0.39, 0.29) is 11.7 Å². The maximum absolute atomic E-state index is 13.3. The second kappa shape index (κ2) is 8.70. The van der Waals surface area contributed by atoms with E-state index < -0.39 is 0 Å². The van der Waals surface area contributed by atoms with E-state index in [0.29, 0.717) is 18.7 Å². The van der Waals surface area contributed by atoms with Gasteiger partial charge < -0.3 is 5.32 Å². The number of hydrogen-bond donors (Lipinski definition) is 1. The van der Waals surface area contributed by atoms with Gasteiger partial charge >= 0.3 is 0 Å². The van der Waals surface area contributed by atoms with Crippen molar-refractivity contribution in [3.05, 3.63) is 51.2 Å². The third-order valence-corrected chi connectivity index (χ3v) is 5.42. The van der Waals surface area contributed by atoms with Crippen LogP contribution >= 0.6 is 11.3 Å². The maximum atomic E-state index is 13.3. The van der Waals surface area contributed by atoms with Crippen LogP contribution in [0.2, 0.25) is 0 Å². The quantitative estimate of drug-likeness (QED) is 0.841. The molecule has 140 valence electrons. The second-order valence-corrected chi connectivity index (χ2v) is 7.83. The molecule has 2 heterocycles. The number of amides is 1. The molecule has 0 bridgehead atoms. The number of carbonyl (C=O) groups excluding carboxylic acids is 1. The first-order valence-electron chi connectivity index (χ1n) is 8.87. The third-order valence-electron chi connectivity index (χ3n) is 4.60. The average Bonchev–Trinajstić information content (AvgIpc) is 3.02. The van der Waals surface area contributed by atoms with Crippen LogP contribution in [0.5, 0.6) is 0 Å². The number of benzene rings is 1. The molecule has 0 unspecified atom stereocenters. The molecule has 1 saturated heterocycles. The van der Waals surface area contributed by atoms with Gasteiger partial charge in [-0.25, -0.2) is 9.37 Å². The number of nitrogens with zero attached hydrogens (tertiary/aromatic N) is 3. The molecule has 0 saturated carbocycles.